The van der Waals surface area contributed by atoms with E-state index >= 15 is 0 Å². The van der Waals surface area contributed by atoms with Crippen LogP contribution in [0, 0.1) is 0 Å². The molecule has 0 spiro atoms. The van der Waals surface area contributed by atoms with Gasteiger partial charge in [0.2, 0.25) is 6.79 Å². The fraction of sp³-hybridized carbons (Fsp3) is 0.304. The van der Waals surface area contributed by atoms with Crippen LogP contribution in [-0.4, -0.2) is 48.9 Å². The summed E-state index contributed by atoms with van der Waals surface area (Å²) in [6.45, 7) is -0.00156. The van der Waals surface area contributed by atoms with E-state index < -0.39 is 5.97 Å². The van der Waals surface area contributed by atoms with Gasteiger partial charge in [0.05, 0.1) is 31.4 Å². The number of aromatic nitrogens is 2. The van der Waals surface area contributed by atoms with Crippen LogP contribution in [0.15, 0.2) is 41.5 Å². The van der Waals surface area contributed by atoms with Gasteiger partial charge < -0.3 is 23.7 Å². The first-order valence-corrected chi connectivity index (χ1v) is 10.2. The zero-order chi connectivity index (χ0) is 23.4. The Morgan fingerprint density at radius 1 is 1.06 bits per heavy atom. The molecule has 10 heteroatoms. The zero-order valence-electron chi connectivity index (χ0n) is 18.2. The van der Waals surface area contributed by atoms with E-state index in [1.54, 1.807) is 30.3 Å². The van der Waals surface area contributed by atoms with E-state index in [0.717, 1.165) is 0 Å². The quantitative estimate of drug-likeness (QED) is 0.355. The largest absolute Gasteiger partial charge is 0.493 e. The van der Waals surface area contributed by atoms with Gasteiger partial charge in [0.1, 0.15) is 0 Å². The second-order valence-electron chi connectivity index (χ2n) is 7.22. The Morgan fingerprint density at radius 2 is 1.82 bits per heavy atom. The molecule has 0 N–H and O–H groups in total. The molecule has 1 aromatic heterocycles. The summed E-state index contributed by atoms with van der Waals surface area (Å²) in [7, 11) is 2.99. The average molecular weight is 454 g/mol. The number of esters is 1. The second kappa shape index (κ2) is 9.60. The van der Waals surface area contributed by atoms with E-state index in [1.807, 2.05) is 0 Å². The number of ether oxygens (including phenoxy) is 5. The number of hydrogen-bond donors (Lipinski definition) is 0. The second-order valence-corrected chi connectivity index (χ2v) is 7.22. The molecule has 0 aliphatic carbocycles. The van der Waals surface area contributed by atoms with Gasteiger partial charge in [-0.25, -0.2) is 4.98 Å². The number of hydrogen-bond acceptors (Lipinski definition) is 9. The molecule has 2 heterocycles. The van der Waals surface area contributed by atoms with Crippen molar-refractivity contribution < 1.29 is 33.3 Å². The molecule has 0 atom stereocenters. The van der Waals surface area contributed by atoms with E-state index in [0.29, 0.717) is 45.9 Å². The number of Topliss-reactive ketones (excluding diaryl/α,β-unsaturated/α-hetero) is 1. The molecule has 0 radical (unpaired) electrons. The summed E-state index contributed by atoms with van der Waals surface area (Å²) in [6.07, 6.45) is 1.81. The van der Waals surface area contributed by atoms with Crippen molar-refractivity contribution in [2.75, 3.05) is 27.6 Å². The van der Waals surface area contributed by atoms with Crippen molar-refractivity contribution in [3.8, 4) is 23.0 Å². The van der Waals surface area contributed by atoms with Gasteiger partial charge in [0.25, 0.3) is 5.56 Å². The van der Waals surface area contributed by atoms with Gasteiger partial charge in [-0.3, -0.25) is 19.0 Å². The molecular weight excluding hydrogens is 432 g/mol. The Morgan fingerprint density at radius 3 is 2.61 bits per heavy atom. The topological polar surface area (TPSA) is 115 Å². The highest BCUT2D eigenvalue weighted by atomic mass is 16.7. The molecule has 0 amide bonds. The van der Waals surface area contributed by atoms with Crippen LogP contribution in [-0.2, 0) is 16.1 Å². The number of carbonyl (C=O) groups is 2. The van der Waals surface area contributed by atoms with Crippen LogP contribution < -0.4 is 24.5 Å². The minimum absolute atomic E-state index is 0.0465. The maximum Gasteiger partial charge on any atom is 0.306 e. The molecule has 2 aromatic carbocycles. The van der Waals surface area contributed by atoms with Crippen LogP contribution in [0.2, 0.25) is 0 Å². The summed E-state index contributed by atoms with van der Waals surface area (Å²) in [5, 5.41) is 0.382. The first kappa shape index (κ1) is 22.1. The van der Waals surface area contributed by atoms with Crippen molar-refractivity contribution in [1.82, 2.24) is 9.55 Å². The normalized spacial score (nSPS) is 11.9. The van der Waals surface area contributed by atoms with Crippen molar-refractivity contribution in [3.05, 3.63) is 52.6 Å². The fourth-order valence-electron chi connectivity index (χ4n) is 3.41. The van der Waals surface area contributed by atoms with Crippen molar-refractivity contribution in [3.63, 3.8) is 0 Å². The van der Waals surface area contributed by atoms with Crippen LogP contribution in [0.4, 0.5) is 0 Å². The molecule has 172 valence electrons. The van der Waals surface area contributed by atoms with Gasteiger partial charge in [0, 0.05) is 24.6 Å². The summed E-state index contributed by atoms with van der Waals surface area (Å²) in [5.41, 5.74) is 0.593. The molecule has 3 aromatic rings. The van der Waals surface area contributed by atoms with Crippen molar-refractivity contribution >= 4 is 22.7 Å². The first-order valence-electron chi connectivity index (χ1n) is 10.2. The monoisotopic (exact) mass is 454 g/mol. The number of rotatable bonds is 9. The lowest BCUT2D eigenvalue weighted by Gasteiger charge is -2.10. The third-order valence-electron chi connectivity index (χ3n) is 5.17. The van der Waals surface area contributed by atoms with E-state index in [-0.39, 0.29) is 37.7 Å². The van der Waals surface area contributed by atoms with Crippen molar-refractivity contribution in [2.24, 2.45) is 0 Å². The Kier molecular flexibility index (Phi) is 6.43. The molecule has 0 saturated heterocycles. The molecule has 0 unspecified atom stereocenters. The van der Waals surface area contributed by atoms with Crippen LogP contribution in [0.3, 0.4) is 0 Å². The Bertz CT molecular complexity index is 1270. The fourth-order valence-corrected chi connectivity index (χ4v) is 3.41. The molecule has 4 rings (SSSR count). The van der Waals surface area contributed by atoms with Crippen molar-refractivity contribution in [1.29, 1.82) is 0 Å². The molecule has 0 fully saturated rings. The third kappa shape index (κ3) is 4.74. The summed E-state index contributed by atoms with van der Waals surface area (Å²) >= 11 is 0. The Balaban J connectivity index is 1.31. The Hall–Kier alpha value is -4.08. The molecule has 0 bridgehead atoms. The predicted molar refractivity (Wildman–Crippen MR) is 116 cm³/mol. The van der Waals surface area contributed by atoms with E-state index in [1.165, 1.54) is 25.1 Å². The number of nitrogens with zero attached hydrogens (tertiary/aromatic N) is 2. The number of methoxy groups -OCH3 is 2. The highest BCUT2D eigenvalue weighted by Crippen LogP contribution is 2.32. The van der Waals surface area contributed by atoms with Crippen molar-refractivity contribution in [2.45, 2.75) is 19.4 Å². The zero-order valence-corrected chi connectivity index (χ0v) is 18.2. The number of benzene rings is 2. The summed E-state index contributed by atoms with van der Waals surface area (Å²) in [4.78, 5) is 41.4. The molecule has 0 saturated carbocycles. The predicted octanol–water partition coefficient (Wildman–Crippen LogP) is 2.35. The lowest BCUT2D eigenvalue weighted by Crippen LogP contribution is -2.21. The van der Waals surface area contributed by atoms with Crippen LogP contribution >= 0.6 is 0 Å². The molecule has 1 aliphatic heterocycles. The van der Waals surface area contributed by atoms with Crippen LogP contribution in [0.1, 0.15) is 23.2 Å². The number of aryl methyl sites for hydroxylation is 1. The lowest BCUT2D eigenvalue weighted by atomic mass is 10.1. The van der Waals surface area contributed by atoms with Gasteiger partial charge in [-0.15, -0.1) is 0 Å². The minimum Gasteiger partial charge on any atom is -0.493 e. The first-order chi connectivity index (χ1) is 16.0. The molecule has 1 aliphatic rings. The van der Waals surface area contributed by atoms with Crippen LogP contribution in [0.25, 0.3) is 10.9 Å². The lowest BCUT2D eigenvalue weighted by molar-refractivity contribution is -0.142. The van der Waals surface area contributed by atoms with Gasteiger partial charge in [-0.1, -0.05) is 0 Å². The van der Waals surface area contributed by atoms with Gasteiger partial charge in [0.15, 0.2) is 35.4 Å². The number of carbonyl (C=O) groups excluding carboxylic acids is 2. The average Bonchev–Trinajstić information content (AvgIpc) is 3.31. The number of fused-ring (bicyclic) bond motifs is 2. The van der Waals surface area contributed by atoms with E-state index in [9.17, 15) is 14.4 Å². The summed E-state index contributed by atoms with van der Waals surface area (Å²) < 4.78 is 27.4. The van der Waals surface area contributed by atoms with Crippen LogP contribution in [0.5, 0.6) is 23.0 Å². The summed E-state index contributed by atoms with van der Waals surface area (Å²) in [6, 6.07) is 8.00. The maximum atomic E-state index is 12.8. The smallest absolute Gasteiger partial charge is 0.306 e. The third-order valence-corrected chi connectivity index (χ3v) is 5.17. The van der Waals surface area contributed by atoms with Gasteiger partial charge in [-0.2, -0.15) is 0 Å². The van der Waals surface area contributed by atoms with Gasteiger partial charge in [-0.05, 0) is 30.7 Å². The molecule has 10 nitrogen and oxygen atoms in total. The maximum absolute atomic E-state index is 12.8. The summed E-state index contributed by atoms with van der Waals surface area (Å²) in [5.74, 6) is 1.08. The number of ketones is 1. The van der Waals surface area contributed by atoms with Gasteiger partial charge >= 0.3 is 5.97 Å². The molecule has 33 heavy (non-hydrogen) atoms. The van der Waals surface area contributed by atoms with E-state index in [4.69, 9.17) is 23.7 Å². The molecular formula is C23H22N2O8. The highest BCUT2D eigenvalue weighted by molar-refractivity contribution is 5.98. The van der Waals surface area contributed by atoms with E-state index in [2.05, 4.69) is 4.98 Å². The minimum atomic E-state index is -0.530. The standard InChI is InChI=1S/C23H22N2O8/c1-29-19-9-15-16(10-20(19)30-2)24-12-25(23(15)28)7-3-4-22(27)31-11-17(26)14-5-6-18-21(8-14)33-13-32-18/h5-6,8-10,12H,3-4,7,11,13H2,1-2H3. The highest BCUT2D eigenvalue weighted by Gasteiger charge is 2.17. The SMILES string of the molecule is COc1cc2ncn(CCCC(=O)OCC(=O)c3ccc4c(c3)OCO4)c(=O)c2cc1OC. The Labute approximate surface area is 188 Å².